The van der Waals surface area contributed by atoms with Crippen LogP contribution in [-0.2, 0) is 10.2 Å². The molecule has 5 nitrogen and oxygen atoms in total. The molecule has 2 aromatic carbocycles. The number of non-ortho nitro benzene ring substituents is 1. The van der Waals surface area contributed by atoms with E-state index in [9.17, 15) is 14.9 Å². The molecule has 0 atom stereocenters. The van der Waals surface area contributed by atoms with E-state index in [2.05, 4.69) is 5.32 Å². The van der Waals surface area contributed by atoms with Gasteiger partial charge in [0, 0.05) is 22.8 Å². The molecular weight excluding hydrogens is 304 g/mol. The highest BCUT2D eigenvalue weighted by molar-refractivity contribution is 6.30. The first-order valence-corrected chi connectivity index (χ1v) is 7.00. The molecule has 1 N–H and O–H groups in total. The molecular formula is C16H15ClN2O3. The fourth-order valence-corrected chi connectivity index (χ4v) is 2.08. The molecule has 114 valence electrons. The third-order valence-corrected chi connectivity index (χ3v) is 3.72. The van der Waals surface area contributed by atoms with E-state index >= 15 is 0 Å². The second-order valence-electron chi connectivity index (χ2n) is 5.39. The Morgan fingerprint density at radius 1 is 1.09 bits per heavy atom. The van der Waals surface area contributed by atoms with Gasteiger partial charge in [-0.1, -0.05) is 23.7 Å². The number of nitro benzene ring substituents is 1. The third-order valence-electron chi connectivity index (χ3n) is 3.47. The van der Waals surface area contributed by atoms with Crippen LogP contribution in [0.15, 0.2) is 48.5 Å². The van der Waals surface area contributed by atoms with Gasteiger partial charge in [0.2, 0.25) is 5.91 Å². The van der Waals surface area contributed by atoms with Crippen LogP contribution in [0.25, 0.3) is 0 Å². The highest BCUT2D eigenvalue weighted by atomic mass is 35.5. The van der Waals surface area contributed by atoms with Gasteiger partial charge in [-0.2, -0.15) is 0 Å². The minimum absolute atomic E-state index is 0.00217. The van der Waals surface area contributed by atoms with Gasteiger partial charge < -0.3 is 5.32 Å². The molecule has 0 fully saturated rings. The van der Waals surface area contributed by atoms with Gasteiger partial charge in [0.1, 0.15) is 0 Å². The minimum atomic E-state index is -0.825. The average Bonchev–Trinajstić information content (AvgIpc) is 2.49. The molecule has 0 bridgehead atoms. The topological polar surface area (TPSA) is 72.2 Å². The lowest BCUT2D eigenvalue weighted by molar-refractivity contribution is -0.384. The molecule has 0 heterocycles. The van der Waals surface area contributed by atoms with Gasteiger partial charge in [0.15, 0.2) is 0 Å². The molecule has 0 aliphatic rings. The smallest absolute Gasteiger partial charge is 0.269 e. The number of halogens is 1. The van der Waals surface area contributed by atoms with E-state index < -0.39 is 10.3 Å². The van der Waals surface area contributed by atoms with Crippen molar-refractivity contribution >= 4 is 28.9 Å². The van der Waals surface area contributed by atoms with Gasteiger partial charge in [-0.25, -0.2) is 0 Å². The van der Waals surface area contributed by atoms with Crippen LogP contribution < -0.4 is 5.32 Å². The number of hydrogen-bond donors (Lipinski definition) is 1. The number of rotatable bonds is 4. The monoisotopic (exact) mass is 318 g/mol. The lowest BCUT2D eigenvalue weighted by atomic mass is 9.83. The van der Waals surface area contributed by atoms with Gasteiger partial charge in [0.25, 0.3) is 5.69 Å². The highest BCUT2D eigenvalue weighted by Gasteiger charge is 2.30. The molecule has 0 aromatic heterocycles. The zero-order chi connectivity index (χ0) is 16.3. The van der Waals surface area contributed by atoms with Crippen molar-refractivity contribution in [2.45, 2.75) is 19.3 Å². The van der Waals surface area contributed by atoms with Crippen molar-refractivity contribution < 1.29 is 9.72 Å². The normalized spacial score (nSPS) is 11.0. The van der Waals surface area contributed by atoms with Crippen LogP contribution in [0, 0.1) is 10.1 Å². The van der Waals surface area contributed by atoms with E-state index in [0.717, 1.165) is 0 Å². The molecule has 2 aromatic rings. The predicted octanol–water partition coefficient (Wildman–Crippen LogP) is 4.16. The van der Waals surface area contributed by atoms with Crippen LogP contribution in [0.4, 0.5) is 11.4 Å². The van der Waals surface area contributed by atoms with Crippen molar-refractivity contribution in [1.82, 2.24) is 0 Å². The van der Waals surface area contributed by atoms with E-state index in [1.807, 2.05) is 0 Å². The van der Waals surface area contributed by atoms with Gasteiger partial charge in [-0.15, -0.1) is 0 Å². The van der Waals surface area contributed by atoms with Crippen LogP contribution in [-0.4, -0.2) is 10.8 Å². The summed E-state index contributed by atoms with van der Waals surface area (Å²) in [5, 5.41) is 14.1. The summed E-state index contributed by atoms with van der Waals surface area (Å²) in [6, 6.07) is 12.8. The SMILES string of the molecule is CC(C)(C(=O)Nc1ccc(Cl)cc1)c1ccc([N+](=O)[O-])cc1. The Bertz CT molecular complexity index is 694. The zero-order valence-corrected chi connectivity index (χ0v) is 12.9. The van der Waals surface area contributed by atoms with E-state index in [1.54, 1.807) is 50.2 Å². The number of carbonyl (C=O) groups excluding carboxylic acids is 1. The first-order chi connectivity index (χ1) is 10.3. The Hall–Kier alpha value is -2.40. The second kappa shape index (κ2) is 6.15. The van der Waals surface area contributed by atoms with Crippen LogP contribution in [0.3, 0.4) is 0 Å². The Labute approximate surface area is 133 Å². The molecule has 0 radical (unpaired) electrons. The molecule has 0 saturated carbocycles. The van der Waals surface area contributed by atoms with Crippen molar-refractivity contribution in [1.29, 1.82) is 0 Å². The average molecular weight is 319 g/mol. The van der Waals surface area contributed by atoms with Crippen molar-refractivity contribution in [3.8, 4) is 0 Å². The number of carbonyl (C=O) groups is 1. The zero-order valence-electron chi connectivity index (χ0n) is 12.2. The highest BCUT2D eigenvalue weighted by Crippen LogP contribution is 2.27. The Morgan fingerprint density at radius 2 is 1.64 bits per heavy atom. The number of anilines is 1. The van der Waals surface area contributed by atoms with Crippen molar-refractivity contribution in [3.63, 3.8) is 0 Å². The first kappa shape index (κ1) is 16.0. The fourth-order valence-electron chi connectivity index (χ4n) is 1.95. The van der Waals surface area contributed by atoms with Gasteiger partial charge in [0.05, 0.1) is 10.3 Å². The molecule has 0 spiro atoms. The molecule has 6 heteroatoms. The van der Waals surface area contributed by atoms with Gasteiger partial charge in [-0.05, 0) is 43.7 Å². The number of nitrogens with one attached hydrogen (secondary N) is 1. The number of benzene rings is 2. The summed E-state index contributed by atoms with van der Waals surface area (Å²) in [6.45, 7) is 3.53. The summed E-state index contributed by atoms with van der Waals surface area (Å²) in [4.78, 5) is 22.7. The Kier molecular flexibility index (Phi) is 4.47. The molecule has 0 aliphatic carbocycles. The van der Waals surface area contributed by atoms with E-state index in [0.29, 0.717) is 16.3 Å². The quantitative estimate of drug-likeness (QED) is 0.679. The molecule has 0 saturated heterocycles. The summed E-state index contributed by atoms with van der Waals surface area (Å²) in [5.74, 6) is -0.205. The summed E-state index contributed by atoms with van der Waals surface area (Å²) in [5.41, 5.74) is 0.515. The molecule has 2 rings (SSSR count). The molecule has 0 unspecified atom stereocenters. The lowest BCUT2D eigenvalue weighted by Gasteiger charge is -2.24. The summed E-state index contributed by atoms with van der Waals surface area (Å²) in [6.07, 6.45) is 0. The Balaban J connectivity index is 2.19. The fraction of sp³-hybridized carbons (Fsp3) is 0.188. The van der Waals surface area contributed by atoms with Crippen LogP contribution in [0.2, 0.25) is 5.02 Å². The minimum Gasteiger partial charge on any atom is -0.325 e. The summed E-state index contributed by atoms with van der Waals surface area (Å²) in [7, 11) is 0. The van der Waals surface area contributed by atoms with E-state index in [1.165, 1.54) is 12.1 Å². The van der Waals surface area contributed by atoms with E-state index in [-0.39, 0.29) is 11.6 Å². The van der Waals surface area contributed by atoms with Gasteiger partial charge >= 0.3 is 0 Å². The third kappa shape index (κ3) is 3.43. The lowest BCUT2D eigenvalue weighted by Crippen LogP contribution is -2.34. The predicted molar refractivity (Wildman–Crippen MR) is 86.2 cm³/mol. The first-order valence-electron chi connectivity index (χ1n) is 6.62. The maximum absolute atomic E-state index is 12.5. The maximum atomic E-state index is 12.5. The van der Waals surface area contributed by atoms with Crippen molar-refractivity contribution in [2.75, 3.05) is 5.32 Å². The second-order valence-corrected chi connectivity index (χ2v) is 5.83. The molecule has 1 amide bonds. The number of hydrogen-bond acceptors (Lipinski definition) is 3. The molecule has 22 heavy (non-hydrogen) atoms. The summed E-state index contributed by atoms with van der Waals surface area (Å²) >= 11 is 5.81. The number of nitro groups is 1. The van der Waals surface area contributed by atoms with Crippen LogP contribution in [0.5, 0.6) is 0 Å². The summed E-state index contributed by atoms with van der Waals surface area (Å²) < 4.78 is 0. The van der Waals surface area contributed by atoms with Crippen molar-refractivity contribution in [2.24, 2.45) is 0 Å². The largest absolute Gasteiger partial charge is 0.325 e. The molecule has 0 aliphatic heterocycles. The number of nitrogens with zero attached hydrogens (tertiary/aromatic N) is 1. The Morgan fingerprint density at radius 3 is 2.14 bits per heavy atom. The number of amides is 1. The standard InChI is InChI=1S/C16H15ClN2O3/c1-16(2,11-3-9-14(10-4-11)19(21)22)15(20)18-13-7-5-12(17)6-8-13/h3-10H,1-2H3,(H,18,20). The van der Waals surface area contributed by atoms with Crippen LogP contribution >= 0.6 is 11.6 Å². The van der Waals surface area contributed by atoms with Crippen LogP contribution in [0.1, 0.15) is 19.4 Å². The van der Waals surface area contributed by atoms with E-state index in [4.69, 9.17) is 11.6 Å². The van der Waals surface area contributed by atoms with Crippen molar-refractivity contribution in [3.05, 3.63) is 69.2 Å². The maximum Gasteiger partial charge on any atom is 0.269 e. The van der Waals surface area contributed by atoms with Gasteiger partial charge in [-0.3, -0.25) is 14.9 Å².